The van der Waals surface area contributed by atoms with Gasteiger partial charge < -0.3 is 40.9 Å². The number of carbonyl (C=O) groups excluding carboxylic acids is 4. The lowest BCUT2D eigenvalue weighted by Crippen LogP contribution is -2.70. The van der Waals surface area contributed by atoms with E-state index in [1.165, 1.54) is 25.7 Å². The van der Waals surface area contributed by atoms with E-state index >= 15 is 0 Å². The third kappa shape index (κ3) is 19.5. The highest BCUT2D eigenvalue weighted by Gasteiger charge is 2.50. The predicted octanol–water partition coefficient (Wildman–Crippen LogP) is 5.51. The zero-order valence-corrected chi connectivity index (χ0v) is 50.0. The van der Waals surface area contributed by atoms with Crippen molar-refractivity contribution in [3.8, 4) is 0 Å². The van der Waals surface area contributed by atoms with E-state index in [4.69, 9.17) is 0 Å². The van der Waals surface area contributed by atoms with E-state index < -0.39 is 22.2 Å². The van der Waals surface area contributed by atoms with Crippen molar-refractivity contribution in [2.75, 3.05) is 106 Å². The molecular weight excluding hydrogens is 917 g/mol. The van der Waals surface area contributed by atoms with Gasteiger partial charge in [0.15, 0.2) is 0 Å². The molecule has 4 fully saturated rings. The minimum atomic E-state index is -0.513. The first-order valence-corrected chi connectivity index (χ1v) is 28.1. The van der Waals surface area contributed by atoms with Gasteiger partial charge in [0, 0.05) is 99.7 Å². The van der Waals surface area contributed by atoms with Crippen LogP contribution in [0.4, 0.5) is 0 Å². The van der Waals surface area contributed by atoms with Crippen LogP contribution in [-0.2, 0) is 19.2 Å². The molecule has 16 nitrogen and oxygen atoms in total. The number of unbranched alkanes of at least 4 members (excludes halogenated alkanes) is 6. The molecule has 0 aromatic heterocycles. The van der Waals surface area contributed by atoms with Gasteiger partial charge in [-0.2, -0.15) is 0 Å². The highest BCUT2D eigenvalue weighted by Crippen LogP contribution is 2.33. The van der Waals surface area contributed by atoms with Crippen LogP contribution in [0.3, 0.4) is 0 Å². The first-order valence-electron chi connectivity index (χ1n) is 28.1. The van der Waals surface area contributed by atoms with Gasteiger partial charge in [-0.25, -0.2) is 0 Å². The Kier molecular flexibility index (Phi) is 24.9. The molecule has 2 atom stereocenters. The molecule has 4 amide bonds. The molecule has 2 unspecified atom stereocenters. The molecule has 0 radical (unpaired) electrons. The number of nitrogens with zero attached hydrogens (tertiary/aromatic N) is 6. The standard InChI is InChI=1S/2C28H56N6O2.CH4/c1-21(17-33-19-25(3,4)31-27(7,8)23(33)35)29-15-13-11-12-14-16-30-22(2)18-34-20-26(5,6)32-28(9,10)24(34)36;1-25(2)21-33(23(35)27(5,6)31(25)9)19-17-29-15-13-11-12-14-16-30-18-20-34-22-26(3,4)32(10)28(7,8)24(34)36;/h21-22,29-32H,11-20H2,1-10H3;29-30H,11-22H2,1-10H3;1H4. The highest BCUT2D eigenvalue weighted by atomic mass is 16.2. The van der Waals surface area contributed by atoms with Crippen LogP contribution < -0.4 is 31.9 Å². The zero-order chi connectivity index (χ0) is 54.7. The average Bonchev–Trinajstić information content (AvgIpc) is 3.24. The number of likely N-dealkylation sites (N-methyl/N-ethyl adjacent to an activating group) is 2. The number of piperazine rings is 4. The van der Waals surface area contributed by atoms with Gasteiger partial charge >= 0.3 is 0 Å². The number of carbonyl (C=O) groups is 4. The van der Waals surface area contributed by atoms with Gasteiger partial charge in [0.1, 0.15) is 0 Å². The fourth-order valence-electron chi connectivity index (χ4n) is 11.9. The summed E-state index contributed by atoms with van der Waals surface area (Å²) in [4.78, 5) is 63.8. The molecule has 0 bridgehead atoms. The van der Waals surface area contributed by atoms with Crippen LogP contribution in [0.15, 0.2) is 0 Å². The molecule has 4 aliphatic rings. The molecule has 73 heavy (non-hydrogen) atoms. The van der Waals surface area contributed by atoms with Crippen molar-refractivity contribution in [2.45, 2.75) is 240 Å². The Morgan fingerprint density at radius 2 is 0.726 bits per heavy atom. The Labute approximate surface area is 448 Å². The molecule has 428 valence electrons. The van der Waals surface area contributed by atoms with E-state index in [9.17, 15) is 19.2 Å². The van der Waals surface area contributed by atoms with Crippen LogP contribution in [0, 0.1) is 0 Å². The van der Waals surface area contributed by atoms with Crippen molar-refractivity contribution >= 4 is 23.6 Å². The number of hydrogen-bond acceptors (Lipinski definition) is 12. The molecular formula is C57H116N12O4. The van der Waals surface area contributed by atoms with E-state index in [-0.39, 0.29) is 65.3 Å². The minimum Gasteiger partial charge on any atom is -0.338 e. The van der Waals surface area contributed by atoms with Crippen molar-refractivity contribution < 1.29 is 19.2 Å². The number of amides is 4. The summed E-state index contributed by atoms with van der Waals surface area (Å²) in [6.45, 7) is 49.6. The molecule has 0 aliphatic carbocycles. The second kappa shape index (κ2) is 27.2. The van der Waals surface area contributed by atoms with Crippen molar-refractivity contribution in [2.24, 2.45) is 0 Å². The monoisotopic (exact) mass is 1030 g/mol. The number of nitrogens with one attached hydrogen (secondary N) is 6. The summed E-state index contributed by atoms with van der Waals surface area (Å²) in [5.41, 5.74) is -2.11. The Morgan fingerprint density at radius 1 is 0.425 bits per heavy atom. The molecule has 0 saturated carbocycles. The molecule has 4 heterocycles. The Morgan fingerprint density at radius 3 is 1.04 bits per heavy atom. The van der Waals surface area contributed by atoms with Crippen LogP contribution in [0.2, 0.25) is 0 Å². The van der Waals surface area contributed by atoms with Crippen molar-refractivity contribution in [1.29, 1.82) is 0 Å². The molecule has 4 aliphatic heterocycles. The van der Waals surface area contributed by atoms with Gasteiger partial charge in [0.05, 0.1) is 22.2 Å². The van der Waals surface area contributed by atoms with E-state index in [2.05, 4.69) is 125 Å². The lowest BCUT2D eigenvalue weighted by atomic mass is 9.88. The predicted molar refractivity (Wildman–Crippen MR) is 305 cm³/mol. The average molecular weight is 1030 g/mol. The van der Waals surface area contributed by atoms with Gasteiger partial charge in [0.2, 0.25) is 23.6 Å². The molecule has 4 saturated heterocycles. The molecule has 4 rings (SSSR count). The topological polar surface area (TPSA) is 160 Å². The fraction of sp³-hybridized carbons (Fsp3) is 0.930. The summed E-state index contributed by atoms with van der Waals surface area (Å²) in [7, 11) is 4.11. The van der Waals surface area contributed by atoms with Crippen molar-refractivity contribution in [1.82, 2.24) is 61.3 Å². The number of rotatable bonds is 26. The SMILES string of the molecule is C.CC(CN1CC(C)(C)NC(C)(C)C1=O)NCCCCCCNC(C)CN1CC(C)(C)NC(C)(C)C1=O.CN1C(C)(C)CN(CCNCCCCCCNCCN2CC(C)(C)N(C)C(C)(C)C2=O)C(=O)C1(C)C. The first kappa shape index (κ1) is 66.7. The highest BCUT2D eigenvalue weighted by molar-refractivity contribution is 5.88. The second-order valence-corrected chi connectivity index (χ2v) is 27.0. The van der Waals surface area contributed by atoms with Gasteiger partial charge in [-0.05, 0) is 191 Å². The first-order chi connectivity index (χ1) is 33.0. The third-order valence-corrected chi connectivity index (χ3v) is 16.0. The smallest absolute Gasteiger partial charge is 0.242 e. The molecule has 0 aromatic rings. The maximum Gasteiger partial charge on any atom is 0.242 e. The van der Waals surface area contributed by atoms with Crippen LogP contribution in [-0.4, -0.2) is 215 Å². The van der Waals surface area contributed by atoms with Gasteiger partial charge in [-0.1, -0.05) is 33.1 Å². The zero-order valence-electron chi connectivity index (χ0n) is 50.0. The summed E-state index contributed by atoms with van der Waals surface area (Å²) in [6, 6.07) is 0.563. The minimum absolute atomic E-state index is 0. The van der Waals surface area contributed by atoms with Gasteiger partial charge in [-0.15, -0.1) is 0 Å². The van der Waals surface area contributed by atoms with Crippen molar-refractivity contribution in [3.05, 3.63) is 0 Å². The summed E-state index contributed by atoms with van der Waals surface area (Å²) in [6.07, 6.45) is 9.42. The Hall–Kier alpha value is -2.44. The van der Waals surface area contributed by atoms with E-state index in [1.807, 2.05) is 75.0 Å². The Bertz CT molecular complexity index is 1620. The fourth-order valence-corrected chi connectivity index (χ4v) is 11.9. The maximum atomic E-state index is 12.9. The molecule has 6 N–H and O–H groups in total. The van der Waals surface area contributed by atoms with Crippen LogP contribution in [0.25, 0.3) is 0 Å². The van der Waals surface area contributed by atoms with E-state index in [0.29, 0.717) is 0 Å². The lowest BCUT2D eigenvalue weighted by Gasteiger charge is -2.53. The lowest BCUT2D eigenvalue weighted by molar-refractivity contribution is -0.157. The van der Waals surface area contributed by atoms with E-state index in [0.717, 1.165) is 117 Å². The van der Waals surface area contributed by atoms with Crippen LogP contribution in [0.1, 0.15) is 183 Å². The van der Waals surface area contributed by atoms with Gasteiger partial charge in [-0.3, -0.25) is 39.6 Å². The largest absolute Gasteiger partial charge is 0.338 e. The maximum absolute atomic E-state index is 12.9. The summed E-state index contributed by atoms with van der Waals surface area (Å²) < 4.78 is 0. The van der Waals surface area contributed by atoms with Crippen LogP contribution >= 0.6 is 0 Å². The molecule has 0 spiro atoms. The van der Waals surface area contributed by atoms with Gasteiger partial charge in [0.25, 0.3) is 0 Å². The third-order valence-electron chi connectivity index (χ3n) is 16.0. The van der Waals surface area contributed by atoms with Crippen LogP contribution in [0.5, 0.6) is 0 Å². The normalized spacial score (nSPS) is 23.9. The second-order valence-electron chi connectivity index (χ2n) is 27.0. The quantitative estimate of drug-likeness (QED) is 0.0606. The van der Waals surface area contributed by atoms with Crippen molar-refractivity contribution in [3.63, 3.8) is 0 Å². The molecule has 16 heteroatoms. The van der Waals surface area contributed by atoms with E-state index in [1.54, 1.807) is 0 Å². The number of hydrogen-bond donors (Lipinski definition) is 6. The molecule has 0 aromatic carbocycles. The Balaban J connectivity index is 0.000000493. The summed E-state index contributed by atoms with van der Waals surface area (Å²) >= 11 is 0. The summed E-state index contributed by atoms with van der Waals surface area (Å²) in [5, 5.41) is 21.2. The summed E-state index contributed by atoms with van der Waals surface area (Å²) in [5.74, 6) is 0.822.